The van der Waals surface area contributed by atoms with Crippen molar-refractivity contribution in [3.8, 4) is 11.5 Å². The molecule has 3 aromatic rings. The molecule has 0 aliphatic carbocycles. The van der Waals surface area contributed by atoms with Gasteiger partial charge in [-0.1, -0.05) is 18.2 Å². The van der Waals surface area contributed by atoms with Crippen molar-refractivity contribution in [3.63, 3.8) is 0 Å². The van der Waals surface area contributed by atoms with Gasteiger partial charge in [-0.15, -0.1) is 0 Å². The van der Waals surface area contributed by atoms with E-state index in [0.29, 0.717) is 11.6 Å². The molecule has 1 fully saturated rings. The fraction of sp³-hybridized carbons (Fsp3) is 0.464. The van der Waals surface area contributed by atoms with Gasteiger partial charge in [0.15, 0.2) is 0 Å². The van der Waals surface area contributed by atoms with Crippen molar-refractivity contribution in [2.45, 2.75) is 45.3 Å². The quantitative estimate of drug-likeness (QED) is 0.569. The second kappa shape index (κ2) is 8.99. The number of ether oxygens (including phenoxy) is 2. The van der Waals surface area contributed by atoms with E-state index >= 15 is 0 Å². The summed E-state index contributed by atoms with van der Waals surface area (Å²) in [6, 6.07) is 14.3. The van der Waals surface area contributed by atoms with Crippen LogP contribution < -0.4 is 9.47 Å². The van der Waals surface area contributed by atoms with Crippen LogP contribution >= 0.6 is 0 Å². The van der Waals surface area contributed by atoms with Crippen LogP contribution in [0, 0.1) is 5.92 Å². The lowest BCUT2D eigenvalue weighted by molar-refractivity contribution is 0.0731. The average Bonchev–Trinajstić information content (AvgIpc) is 3.39. The molecule has 0 bridgehead atoms. The monoisotopic (exact) mass is 461 g/mol. The number of hydrogen-bond acceptors (Lipinski definition) is 4. The van der Waals surface area contributed by atoms with Crippen molar-refractivity contribution in [3.05, 3.63) is 59.3 Å². The molecule has 0 saturated carbocycles. The second-order valence-corrected chi connectivity index (χ2v) is 10.5. The SMILES string of the molecule is COc1ccc2[nH]c(C(=O)N(C)CC3CCN(Cc4cccc5c4OC(C)(C)C5)CC3)cc2c1. The van der Waals surface area contributed by atoms with E-state index in [1.54, 1.807) is 7.11 Å². The number of piperidine rings is 1. The molecule has 3 heterocycles. The first-order valence-corrected chi connectivity index (χ1v) is 12.3. The Hall–Kier alpha value is -2.99. The molecule has 0 atom stereocenters. The van der Waals surface area contributed by atoms with Gasteiger partial charge in [0.05, 0.1) is 7.11 Å². The maximum Gasteiger partial charge on any atom is 0.270 e. The molecular formula is C28H35N3O3. The highest BCUT2D eigenvalue weighted by molar-refractivity contribution is 5.98. The lowest BCUT2D eigenvalue weighted by Crippen LogP contribution is -2.39. The van der Waals surface area contributed by atoms with Gasteiger partial charge in [-0.25, -0.2) is 0 Å². The van der Waals surface area contributed by atoms with E-state index in [-0.39, 0.29) is 11.5 Å². The Labute approximate surface area is 201 Å². The van der Waals surface area contributed by atoms with E-state index in [9.17, 15) is 4.79 Å². The van der Waals surface area contributed by atoms with Crippen molar-refractivity contribution in [1.82, 2.24) is 14.8 Å². The summed E-state index contributed by atoms with van der Waals surface area (Å²) in [6.07, 6.45) is 3.17. The number of methoxy groups -OCH3 is 1. The van der Waals surface area contributed by atoms with Crippen LogP contribution in [0.5, 0.6) is 11.5 Å². The van der Waals surface area contributed by atoms with E-state index in [0.717, 1.165) is 67.8 Å². The van der Waals surface area contributed by atoms with Crippen LogP contribution in [0.15, 0.2) is 42.5 Å². The van der Waals surface area contributed by atoms with E-state index in [1.165, 1.54) is 11.1 Å². The number of aromatic nitrogens is 1. The van der Waals surface area contributed by atoms with Gasteiger partial charge in [0.2, 0.25) is 0 Å². The summed E-state index contributed by atoms with van der Waals surface area (Å²) < 4.78 is 11.6. The summed E-state index contributed by atoms with van der Waals surface area (Å²) >= 11 is 0. The summed E-state index contributed by atoms with van der Waals surface area (Å²) in [4.78, 5) is 20.7. The lowest BCUT2D eigenvalue weighted by Gasteiger charge is -2.34. The van der Waals surface area contributed by atoms with Gasteiger partial charge in [0, 0.05) is 43.0 Å². The third-order valence-electron chi connectivity index (χ3n) is 7.21. The second-order valence-electron chi connectivity index (χ2n) is 10.5. The van der Waals surface area contributed by atoms with Gasteiger partial charge in [0.1, 0.15) is 22.8 Å². The average molecular weight is 462 g/mol. The minimum atomic E-state index is -0.112. The summed E-state index contributed by atoms with van der Waals surface area (Å²) in [5, 5.41) is 0.990. The number of aromatic amines is 1. The Balaban J connectivity index is 1.16. The molecule has 2 aromatic carbocycles. The molecule has 1 aromatic heterocycles. The molecule has 6 nitrogen and oxygen atoms in total. The number of likely N-dealkylation sites (tertiary alicyclic amines) is 1. The molecule has 1 saturated heterocycles. The number of H-pyrrole nitrogens is 1. The number of hydrogen-bond donors (Lipinski definition) is 1. The first kappa shape index (κ1) is 22.8. The molecule has 0 unspecified atom stereocenters. The van der Waals surface area contributed by atoms with Crippen LogP contribution in [0.25, 0.3) is 10.9 Å². The lowest BCUT2D eigenvalue weighted by atomic mass is 9.95. The predicted molar refractivity (Wildman–Crippen MR) is 135 cm³/mol. The number of rotatable bonds is 6. The molecule has 0 radical (unpaired) electrons. The summed E-state index contributed by atoms with van der Waals surface area (Å²) in [6.45, 7) is 8.13. The third kappa shape index (κ3) is 4.64. The zero-order chi connectivity index (χ0) is 23.9. The molecule has 6 heteroatoms. The standard InChI is InChI=1S/C28H35N3O3/c1-28(2)16-20-6-5-7-21(26(20)34-28)18-31-12-10-19(11-13-31)17-30(3)27(32)25-15-22-14-23(33-4)8-9-24(22)29-25/h5-9,14-15,19,29H,10-13,16-18H2,1-4H3. The number of carbonyl (C=O) groups excluding carboxylic acids is 1. The molecular weight excluding hydrogens is 426 g/mol. The van der Waals surface area contributed by atoms with Gasteiger partial charge in [-0.3, -0.25) is 9.69 Å². The Morgan fingerprint density at radius 1 is 1.21 bits per heavy atom. The molecule has 1 N–H and O–H groups in total. The van der Waals surface area contributed by atoms with Crippen LogP contribution in [0.1, 0.15) is 48.3 Å². The largest absolute Gasteiger partial charge is 0.497 e. The van der Waals surface area contributed by atoms with Crippen LogP contribution in [0.3, 0.4) is 0 Å². The zero-order valence-corrected chi connectivity index (χ0v) is 20.7. The number of nitrogens with zero attached hydrogens (tertiary/aromatic N) is 2. The smallest absolute Gasteiger partial charge is 0.270 e. The minimum absolute atomic E-state index is 0.0391. The van der Waals surface area contributed by atoms with Crippen LogP contribution in [-0.4, -0.2) is 60.1 Å². The van der Waals surface area contributed by atoms with Crippen molar-refractivity contribution in [2.75, 3.05) is 33.8 Å². The molecule has 0 spiro atoms. The fourth-order valence-corrected chi connectivity index (χ4v) is 5.40. The summed E-state index contributed by atoms with van der Waals surface area (Å²) in [5.74, 6) is 2.45. The Morgan fingerprint density at radius 3 is 2.76 bits per heavy atom. The number of carbonyl (C=O) groups is 1. The number of nitrogens with one attached hydrogen (secondary N) is 1. The number of benzene rings is 2. The molecule has 34 heavy (non-hydrogen) atoms. The van der Waals surface area contributed by atoms with Gasteiger partial charge in [-0.05, 0) is 75.5 Å². The van der Waals surface area contributed by atoms with E-state index in [1.807, 2.05) is 36.2 Å². The predicted octanol–water partition coefficient (Wildman–Crippen LogP) is 4.87. The maximum absolute atomic E-state index is 13.0. The van der Waals surface area contributed by atoms with Crippen molar-refractivity contribution >= 4 is 16.8 Å². The highest BCUT2D eigenvalue weighted by Gasteiger charge is 2.32. The molecule has 180 valence electrons. The van der Waals surface area contributed by atoms with E-state index < -0.39 is 0 Å². The van der Waals surface area contributed by atoms with Crippen LogP contribution in [0.4, 0.5) is 0 Å². The molecule has 1 amide bonds. The topological polar surface area (TPSA) is 57.8 Å². The van der Waals surface area contributed by atoms with Gasteiger partial charge in [0.25, 0.3) is 5.91 Å². The van der Waals surface area contributed by atoms with Crippen molar-refractivity contribution < 1.29 is 14.3 Å². The fourth-order valence-electron chi connectivity index (χ4n) is 5.40. The number of fused-ring (bicyclic) bond motifs is 2. The number of amides is 1. The highest BCUT2D eigenvalue weighted by Crippen LogP contribution is 2.38. The van der Waals surface area contributed by atoms with Gasteiger partial charge >= 0.3 is 0 Å². The zero-order valence-electron chi connectivity index (χ0n) is 20.7. The van der Waals surface area contributed by atoms with Crippen LogP contribution in [-0.2, 0) is 13.0 Å². The molecule has 2 aliphatic rings. The Bertz CT molecular complexity index is 1190. The van der Waals surface area contributed by atoms with Gasteiger partial charge < -0.3 is 19.4 Å². The highest BCUT2D eigenvalue weighted by atomic mass is 16.5. The Kier molecular flexibility index (Phi) is 6.02. The Morgan fingerprint density at radius 2 is 2.00 bits per heavy atom. The van der Waals surface area contributed by atoms with E-state index in [4.69, 9.17) is 9.47 Å². The first-order valence-electron chi connectivity index (χ1n) is 12.3. The normalized spacial score (nSPS) is 18.0. The maximum atomic E-state index is 13.0. The van der Waals surface area contributed by atoms with Crippen molar-refractivity contribution in [1.29, 1.82) is 0 Å². The van der Waals surface area contributed by atoms with Crippen LogP contribution in [0.2, 0.25) is 0 Å². The summed E-state index contributed by atoms with van der Waals surface area (Å²) in [7, 11) is 3.56. The first-order chi connectivity index (χ1) is 16.3. The minimum Gasteiger partial charge on any atom is -0.497 e. The van der Waals surface area contributed by atoms with Crippen molar-refractivity contribution in [2.24, 2.45) is 5.92 Å². The number of para-hydroxylation sites is 1. The third-order valence-corrected chi connectivity index (χ3v) is 7.21. The molecule has 5 rings (SSSR count). The summed E-state index contributed by atoms with van der Waals surface area (Å²) in [5.41, 5.74) is 4.09. The van der Waals surface area contributed by atoms with E-state index in [2.05, 4.69) is 41.9 Å². The van der Waals surface area contributed by atoms with Gasteiger partial charge in [-0.2, -0.15) is 0 Å². The molecule has 2 aliphatic heterocycles.